The summed E-state index contributed by atoms with van der Waals surface area (Å²) in [5, 5.41) is 9.28. The summed E-state index contributed by atoms with van der Waals surface area (Å²) in [7, 11) is 0. The maximum Gasteiger partial charge on any atom is 0.408 e. The van der Waals surface area contributed by atoms with E-state index in [2.05, 4.69) is 25.4 Å². The lowest BCUT2D eigenvalue weighted by molar-refractivity contribution is 0.0517. The lowest BCUT2D eigenvalue weighted by Gasteiger charge is -2.19. The molecular weight excluding hydrogens is 406 g/mol. The largest absolute Gasteiger partial charge is 0.444 e. The number of ether oxygens (including phenoxy) is 1. The first kappa shape index (κ1) is 19.8. The molecule has 0 unspecified atom stereocenters. The third-order valence-corrected chi connectivity index (χ3v) is 4.85. The van der Waals surface area contributed by atoms with E-state index in [0.29, 0.717) is 16.3 Å². The first-order chi connectivity index (χ1) is 14.3. The normalized spacial score (nSPS) is 11.6. The fraction of sp³-hybridized carbons (Fsp3) is 0.250. The summed E-state index contributed by atoms with van der Waals surface area (Å²) in [4.78, 5) is 36.2. The summed E-state index contributed by atoms with van der Waals surface area (Å²) < 4.78 is 10.3. The first-order valence-corrected chi connectivity index (χ1v) is 10.0. The minimum absolute atomic E-state index is 0.0210. The molecule has 1 amide bonds. The van der Waals surface area contributed by atoms with Crippen molar-refractivity contribution in [2.24, 2.45) is 0 Å². The molecule has 3 heterocycles. The number of nitrogens with zero attached hydrogens (tertiary/aromatic N) is 3. The number of H-pyrrole nitrogens is 1. The van der Waals surface area contributed by atoms with Crippen molar-refractivity contribution in [3.8, 4) is 11.5 Å². The Kier molecular flexibility index (Phi) is 5.08. The van der Waals surface area contributed by atoms with Crippen LogP contribution in [0.25, 0.3) is 22.4 Å². The van der Waals surface area contributed by atoms with Crippen molar-refractivity contribution in [2.45, 2.75) is 32.9 Å². The molecule has 154 valence electrons. The van der Waals surface area contributed by atoms with Gasteiger partial charge in [-0.2, -0.15) is 4.98 Å². The van der Waals surface area contributed by atoms with Gasteiger partial charge in [0.05, 0.1) is 5.56 Å². The molecule has 0 aliphatic carbocycles. The van der Waals surface area contributed by atoms with Gasteiger partial charge in [0.25, 0.3) is 0 Å². The van der Waals surface area contributed by atoms with Crippen molar-refractivity contribution in [2.75, 3.05) is 0 Å². The SMILES string of the molecule is CC(C)(C)OC(=O)NCc1nc(-c2csc(C(=O)c3c[nH]c4ccccc34)n2)no1. The summed E-state index contributed by atoms with van der Waals surface area (Å²) in [5.74, 6) is 0.262. The molecule has 0 saturated carbocycles. The second-order valence-corrected chi connectivity index (χ2v) is 8.34. The predicted molar refractivity (Wildman–Crippen MR) is 110 cm³/mol. The molecule has 0 atom stereocenters. The highest BCUT2D eigenvalue weighted by Gasteiger charge is 2.20. The van der Waals surface area contributed by atoms with Crippen molar-refractivity contribution in [1.29, 1.82) is 0 Å². The summed E-state index contributed by atoms with van der Waals surface area (Å²) in [5.41, 5.74) is 1.27. The zero-order valence-electron chi connectivity index (χ0n) is 16.6. The Labute approximate surface area is 175 Å². The van der Waals surface area contributed by atoms with Gasteiger partial charge in [-0.05, 0) is 26.8 Å². The van der Waals surface area contributed by atoms with Gasteiger partial charge in [-0.3, -0.25) is 4.79 Å². The second-order valence-electron chi connectivity index (χ2n) is 7.48. The Morgan fingerprint density at radius 2 is 2.03 bits per heavy atom. The number of thiazole rings is 1. The van der Waals surface area contributed by atoms with Crippen LogP contribution < -0.4 is 5.32 Å². The van der Waals surface area contributed by atoms with Gasteiger partial charge in [0.1, 0.15) is 17.8 Å². The number of hydrogen-bond acceptors (Lipinski definition) is 8. The summed E-state index contributed by atoms with van der Waals surface area (Å²) in [6.07, 6.45) is 1.10. The van der Waals surface area contributed by atoms with Crippen molar-refractivity contribution in [3.63, 3.8) is 0 Å². The van der Waals surface area contributed by atoms with Crippen LogP contribution in [0.5, 0.6) is 0 Å². The number of ketones is 1. The van der Waals surface area contributed by atoms with E-state index in [9.17, 15) is 9.59 Å². The minimum Gasteiger partial charge on any atom is -0.444 e. The van der Waals surface area contributed by atoms with Crippen molar-refractivity contribution < 1.29 is 18.8 Å². The minimum atomic E-state index is -0.599. The molecule has 0 aliphatic heterocycles. The van der Waals surface area contributed by atoms with Gasteiger partial charge in [-0.15, -0.1) is 11.3 Å². The van der Waals surface area contributed by atoms with Gasteiger partial charge in [-0.1, -0.05) is 23.4 Å². The number of hydrogen-bond donors (Lipinski definition) is 2. The Hall–Kier alpha value is -3.53. The second kappa shape index (κ2) is 7.71. The van der Waals surface area contributed by atoms with Crippen LogP contribution in [-0.4, -0.2) is 37.6 Å². The van der Waals surface area contributed by atoms with Gasteiger partial charge < -0.3 is 19.6 Å². The summed E-state index contributed by atoms with van der Waals surface area (Å²) >= 11 is 1.21. The number of rotatable bonds is 5. The Balaban J connectivity index is 1.46. The average molecular weight is 425 g/mol. The van der Waals surface area contributed by atoms with Gasteiger partial charge in [0.2, 0.25) is 17.5 Å². The molecule has 0 spiro atoms. The number of aromatic amines is 1. The molecule has 30 heavy (non-hydrogen) atoms. The van der Waals surface area contributed by atoms with Crippen LogP contribution >= 0.6 is 11.3 Å². The van der Waals surface area contributed by atoms with E-state index in [1.165, 1.54) is 11.3 Å². The van der Waals surface area contributed by atoms with E-state index >= 15 is 0 Å². The highest BCUT2D eigenvalue weighted by Crippen LogP contribution is 2.25. The van der Waals surface area contributed by atoms with Crippen LogP contribution in [0, 0.1) is 0 Å². The van der Waals surface area contributed by atoms with Crippen molar-refractivity contribution >= 4 is 34.1 Å². The number of carbonyl (C=O) groups excluding carboxylic acids is 2. The molecule has 0 radical (unpaired) electrons. The fourth-order valence-corrected chi connectivity index (χ4v) is 3.50. The van der Waals surface area contributed by atoms with E-state index in [0.717, 1.165) is 10.9 Å². The number of carbonyl (C=O) groups is 2. The molecule has 0 saturated heterocycles. The number of alkyl carbamates (subject to hydrolysis) is 1. The van der Waals surface area contributed by atoms with E-state index in [-0.39, 0.29) is 24.0 Å². The van der Waals surface area contributed by atoms with Gasteiger partial charge in [0, 0.05) is 22.5 Å². The van der Waals surface area contributed by atoms with Crippen molar-refractivity contribution in [1.82, 2.24) is 25.4 Å². The monoisotopic (exact) mass is 425 g/mol. The number of fused-ring (bicyclic) bond motifs is 1. The predicted octanol–water partition coefficient (Wildman–Crippen LogP) is 3.93. The van der Waals surface area contributed by atoms with Crippen LogP contribution in [0.2, 0.25) is 0 Å². The molecule has 2 N–H and O–H groups in total. The Morgan fingerprint density at radius 3 is 2.83 bits per heavy atom. The smallest absolute Gasteiger partial charge is 0.408 e. The molecular formula is C20H19N5O4S. The molecule has 0 aliphatic rings. The summed E-state index contributed by atoms with van der Waals surface area (Å²) in [6.45, 7) is 5.34. The average Bonchev–Trinajstić information content (AvgIpc) is 3.43. The van der Waals surface area contributed by atoms with Crippen LogP contribution in [0.1, 0.15) is 42.0 Å². The maximum atomic E-state index is 12.9. The number of amides is 1. The van der Waals surface area contributed by atoms with E-state index < -0.39 is 11.7 Å². The molecule has 4 aromatic rings. The summed E-state index contributed by atoms with van der Waals surface area (Å²) in [6, 6.07) is 7.58. The standard InChI is InChI=1S/C20H19N5O4S/c1-20(2,3)28-19(27)22-9-15-24-17(25-29-15)14-10-30-18(23-14)16(26)12-8-21-13-7-5-4-6-11(12)13/h4-8,10,21H,9H2,1-3H3,(H,22,27). The van der Waals surface area contributed by atoms with Crippen LogP contribution in [0.15, 0.2) is 40.4 Å². The van der Waals surface area contributed by atoms with Gasteiger partial charge in [-0.25, -0.2) is 9.78 Å². The third-order valence-electron chi connectivity index (χ3n) is 4.01. The van der Waals surface area contributed by atoms with Gasteiger partial charge >= 0.3 is 6.09 Å². The molecule has 1 aromatic carbocycles. The zero-order valence-corrected chi connectivity index (χ0v) is 17.4. The van der Waals surface area contributed by atoms with E-state index in [4.69, 9.17) is 9.26 Å². The highest BCUT2D eigenvalue weighted by molar-refractivity contribution is 7.12. The fourth-order valence-electron chi connectivity index (χ4n) is 2.75. The molecule has 4 rings (SSSR count). The number of para-hydroxylation sites is 1. The highest BCUT2D eigenvalue weighted by atomic mass is 32.1. The zero-order chi connectivity index (χ0) is 21.3. The number of aromatic nitrogens is 4. The Bertz CT molecular complexity index is 1220. The van der Waals surface area contributed by atoms with E-state index in [1.807, 2.05) is 24.3 Å². The molecule has 0 fully saturated rings. The number of nitrogens with one attached hydrogen (secondary N) is 2. The lowest BCUT2D eigenvalue weighted by atomic mass is 10.1. The molecule has 3 aromatic heterocycles. The maximum absolute atomic E-state index is 12.9. The molecule has 0 bridgehead atoms. The van der Waals surface area contributed by atoms with Crippen molar-refractivity contribution in [3.05, 3.63) is 52.3 Å². The van der Waals surface area contributed by atoms with Gasteiger partial charge in [0.15, 0.2) is 5.01 Å². The number of benzene rings is 1. The quantitative estimate of drug-likeness (QED) is 0.464. The Morgan fingerprint density at radius 1 is 1.23 bits per heavy atom. The topological polar surface area (TPSA) is 123 Å². The molecule has 10 heteroatoms. The van der Waals surface area contributed by atoms with E-state index in [1.54, 1.807) is 32.3 Å². The molecule has 9 nitrogen and oxygen atoms in total. The van der Waals surface area contributed by atoms with Crippen LogP contribution in [-0.2, 0) is 11.3 Å². The first-order valence-electron chi connectivity index (χ1n) is 9.16. The third kappa shape index (κ3) is 4.23. The lowest BCUT2D eigenvalue weighted by Crippen LogP contribution is -2.32. The van der Waals surface area contributed by atoms with Crippen LogP contribution in [0.3, 0.4) is 0 Å². The van der Waals surface area contributed by atoms with Crippen LogP contribution in [0.4, 0.5) is 4.79 Å².